The topological polar surface area (TPSA) is 72.9 Å². The molecular weight excluding hydrogens is 533 g/mol. The van der Waals surface area contributed by atoms with Crippen molar-refractivity contribution >= 4 is 29.1 Å². The third-order valence-electron chi connectivity index (χ3n) is 8.86. The normalized spacial score (nSPS) is 21.2. The molecule has 1 saturated heterocycles. The number of fused-ring (bicyclic) bond motifs is 5. The van der Waals surface area contributed by atoms with E-state index in [2.05, 4.69) is 0 Å². The molecule has 4 aromatic carbocycles. The van der Waals surface area contributed by atoms with Gasteiger partial charge >= 0.3 is 0 Å². The zero-order chi connectivity index (χ0) is 29.2. The van der Waals surface area contributed by atoms with Gasteiger partial charge in [-0.05, 0) is 35.9 Å². The monoisotopic (exact) mass is 559 g/mol. The molecule has 3 aliphatic rings. The minimum atomic E-state index is -1.67. The van der Waals surface area contributed by atoms with Gasteiger partial charge in [0.2, 0.25) is 0 Å². The average molecular weight is 560 g/mol. The molecule has 0 N–H and O–H groups in total. The maximum absolute atomic E-state index is 14.7. The van der Waals surface area contributed by atoms with E-state index < -0.39 is 29.2 Å². The number of ether oxygens (including phenoxy) is 2. The summed E-state index contributed by atoms with van der Waals surface area (Å²) in [6, 6.07) is 23.5. The van der Waals surface area contributed by atoms with Gasteiger partial charge in [0.05, 0.1) is 20.3 Å². The van der Waals surface area contributed by atoms with E-state index in [-0.39, 0.29) is 17.3 Å². The van der Waals surface area contributed by atoms with Crippen molar-refractivity contribution in [3.63, 3.8) is 0 Å². The predicted molar refractivity (Wildman–Crippen MR) is 156 cm³/mol. The van der Waals surface area contributed by atoms with E-state index >= 15 is 0 Å². The van der Waals surface area contributed by atoms with E-state index in [0.717, 1.165) is 0 Å². The van der Waals surface area contributed by atoms with Gasteiger partial charge in [-0.15, -0.1) is 0 Å². The predicted octanol–water partition coefficient (Wildman–Crippen LogP) is 6.16. The maximum Gasteiger partial charge on any atom is 0.185 e. The van der Waals surface area contributed by atoms with E-state index in [9.17, 15) is 18.8 Å². The molecule has 3 atom stereocenters. The first-order chi connectivity index (χ1) is 20.4. The minimum Gasteiger partial charge on any atom is -0.493 e. The zero-order valence-electron chi connectivity index (χ0n) is 22.9. The molecule has 1 aliphatic carbocycles. The number of hydrogen-bond acceptors (Lipinski definition) is 6. The second kappa shape index (κ2) is 9.52. The minimum absolute atomic E-state index is 0.251. The highest BCUT2D eigenvalue weighted by atomic mass is 19.1. The lowest BCUT2D eigenvalue weighted by Crippen LogP contribution is -2.48. The van der Waals surface area contributed by atoms with Gasteiger partial charge in [0.1, 0.15) is 17.3 Å². The molecule has 42 heavy (non-hydrogen) atoms. The van der Waals surface area contributed by atoms with Gasteiger partial charge in [0.15, 0.2) is 28.8 Å². The number of rotatable bonds is 5. The van der Waals surface area contributed by atoms with Crippen LogP contribution < -0.4 is 14.4 Å². The van der Waals surface area contributed by atoms with Gasteiger partial charge in [-0.3, -0.25) is 14.4 Å². The molecule has 2 heterocycles. The van der Waals surface area contributed by atoms with Crippen LogP contribution in [0, 0.1) is 11.2 Å². The van der Waals surface area contributed by atoms with Crippen molar-refractivity contribution in [3.05, 3.63) is 131 Å². The van der Waals surface area contributed by atoms with Crippen LogP contribution in [0.5, 0.6) is 11.5 Å². The summed E-state index contributed by atoms with van der Waals surface area (Å²) < 4.78 is 25.5. The Balaban J connectivity index is 1.56. The van der Waals surface area contributed by atoms with Gasteiger partial charge in [0, 0.05) is 33.9 Å². The Morgan fingerprint density at radius 1 is 0.810 bits per heavy atom. The third kappa shape index (κ3) is 3.40. The molecule has 4 aromatic rings. The van der Waals surface area contributed by atoms with Crippen molar-refractivity contribution in [2.45, 2.75) is 18.0 Å². The molecule has 0 aromatic heterocycles. The standard InChI is InChI=1S/C35H26FNO5/c1-41-27-16-12-22(19-28(27)42-2)30-31(32(38)20-8-4-3-5-9-20)37-26-15-14-23(36)18-21(26)13-17-29(37)35(30)33(39)24-10-6-7-11-25(24)34(35)40/h3-19,29-31H,1-2H3/t29-,30-,31-/m1/s1. The summed E-state index contributed by atoms with van der Waals surface area (Å²) in [5.41, 5.74) is 1.17. The molecule has 2 aliphatic heterocycles. The number of methoxy groups -OCH3 is 2. The van der Waals surface area contributed by atoms with Gasteiger partial charge in [-0.25, -0.2) is 4.39 Å². The molecule has 0 bridgehead atoms. The van der Waals surface area contributed by atoms with Crippen molar-refractivity contribution in [2.24, 2.45) is 5.41 Å². The fourth-order valence-corrected chi connectivity index (χ4v) is 7.14. The lowest BCUT2D eigenvalue weighted by molar-refractivity contribution is 0.0665. The Bertz CT molecular complexity index is 1780. The van der Waals surface area contributed by atoms with Gasteiger partial charge < -0.3 is 14.4 Å². The van der Waals surface area contributed by atoms with E-state index in [1.54, 1.807) is 84.9 Å². The number of carbonyl (C=O) groups is 3. The number of hydrogen-bond donors (Lipinski definition) is 0. The highest BCUT2D eigenvalue weighted by Crippen LogP contribution is 2.61. The summed E-state index contributed by atoms with van der Waals surface area (Å²) in [5, 5.41) is 0. The Hall–Kier alpha value is -5.04. The Kier molecular flexibility index (Phi) is 5.87. The van der Waals surface area contributed by atoms with E-state index in [1.807, 2.05) is 11.0 Å². The molecule has 0 amide bonds. The first-order valence-corrected chi connectivity index (χ1v) is 13.7. The van der Waals surface area contributed by atoms with Crippen molar-refractivity contribution in [1.82, 2.24) is 0 Å². The van der Waals surface area contributed by atoms with Crippen LogP contribution in [0.1, 0.15) is 48.1 Å². The van der Waals surface area contributed by atoms with Crippen molar-refractivity contribution in [2.75, 3.05) is 19.1 Å². The van der Waals surface area contributed by atoms with E-state index in [4.69, 9.17) is 9.47 Å². The SMILES string of the molecule is COc1ccc([C@@H]2[C@H](C(=O)c3ccccc3)N3c4ccc(F)cc4C=C[C@@H]3C23C(=O)c2ccccc2C3=O)cc1OC. The van der Waals surface area contributed by atoms with Crippen LogP contribution in [-0.4, -0.2) is 43.7 Å². The fourth-order valence-electron chi connectivity index (χ4n) is 7.14. The fraction of sp³-hybridized carbons (Fsp3) is 0.171. The molecule has 208 valence electrons. The summed E-state index contributed by atoms with van der Waals surface area (Å²) in [4.78, 5) is 45.9. The molecule has 1 fully saturated rings. The Morgan fingerprint density at radius 2 is 1.48 bits per heavy atom. The van der Waals surface area contributed by atoms with Gasteiger partial charge in [0.25, 0.3) is 0 Å². The summed E-state index contributed by atoms with van der Waals surface area (Å²) in [7, 11) is 3.04. The van der Waals surface area contributed by atoms with Gasteiger partial charge in [-0.1, -0.05) is 72.8 Å². The molecule has 1 spiro atoms. The second-order valence-electron chi connectivity index (χ2n) is 10.8. The van der Waals surface area contributed by atoms with Gasteiger partial charge in [-0.2, -0.15) is 0 Å². The molecule has 7 heteroatoms. The Morgan fingerprint density at radius 3 is 2.14 bits per heavy atom. The van der Waals surface area contributed by atoms with Crippen LogP contribution in [-0.2, 0) is 0 Å². The number of anilines is 1. The summed E-state index contributed by atoms with van der Waals surface area (Å²) in [6.07, 6.45) is 3.52. The number of carbonyl (C=O) groups excluding carboxylic acids is 3. The highest BCUT2D eigenvalue weighted by Gasteiger charge is 2.71. The van der Waals surface area contributed by atoms with Crippen LogP contribution in [0.4, 0.5) is 10.1 Å². The average Bonchev–Trinajstić information content (AvgIpc) is 3.46. The van der Waals surface area contributed by atoms with Crippen molar-refractivity contribution in [3.8, 4) is 11.5 Å². The first-order valence-electron chi connectivity index (χ1n) is 13.7. The Labute approximate surface area is 242 Å². The number of Topliss-reactive ketones (excluding diaryl/α,β-unsaturated/α-hetero) is 3. The lowest BCUT2D eigenvalue weighted by Gasteiger charge is -2.37. The van der Waals surface area contributed by atoms with E-state index in [0.29, 0.717) is 45.0 Å². The van der Waals surface area contributed by atoms with Crippen molar-refractivity contribution < 1.29 is 28.2 Å². The van der Waals surface area contributed by atoms with E-state index in [1.165, 1.54) is 26.4 Å². The van der Waals surface area contributed by atoms with Crippen LogP contribution >= 0.6 is 0 Å². The third-order valence-corrected chi connectivity index (χ3v) is 8.86. The number of halogens is 1. The van der Waals surface area contributed by atoms with Crippen LogP contribution in [0.25, 0.3) is 6.08 Å². The largest absolute Gasteiger partial charge is 0.493 e. The molecule has 7 rings (SSSR count). The summed E-state index contributed by atoms with van der Waals surface area (Å²) in [6.45, 7) is 0. The highest BCUT2D eigenvalue weighted by molar-refractivity contribution is 6.32. The van der Waals surface area contributed by atoms with Crippen LogP contribution in [0.2, 0.25) is 0 Å². The quantitative estimate of drug-likeness (QED) is 0.216. The summed E-state index contributed by atoms with van der Waals surface area (Å²) in [5.74, 6) is -1.37. The zero-order valence-corrected chi connectivity index (χ0v) is 22.9. The number of benzene rings is 4. The molecule has 0 saturated carbocycles. The molecule has 0 radical (unpaired) electrons. The molecule has 0 unspecified atom stereocenters. The number of ketones is 3. The molecule has 6 nitrogen and oxygen atoms in total. The maximum atomic E-state index is 14.7. The molecular formula is C35H26FNO5. The smallest absolute Gasteiger partial charge is 0.185 e. The second-order valence-corrected chi connectivity index (χ2v) is 10.8. The number of nitrogens with zero attached hydrogens (tertiary/aromatic N) is 1. The lowest BCUT2D eigenvalue weighted by atomic mass is 9.64. The van der Waals surface area contributed by atoms with Crippen LogP contribution in [0.3, 0.4) is 0 Å². The van der Waals surface area contributed by atoms with Crippen molar-refractivity contribution in [1.29, 1.82) is 0 Å². The first kappa shape index (κ1) is 25.9. The summed E-state index contributed by atoms with van der Waals surface area (Å²) >= 11 is 0. The van der Waals surface area contributed by atoms with Crippen LogP contribution in [0.15, 0.2) is 97.1 Å².